The number of thiol groups is 1. The summed E-state index contributed by atoms with van der Waals surface area (Å²) in [5.74, 6) is 0. The highest BCUT2D eigenvalue weighted by atomic mass is 35.5. The average molecular weight is 151 g/mol. The molecular formula is C6H11ClS. The van der Waals surface area contributed by atoms with Crippen LogP contribution in [0, 0.1) is 0 Å². The van der Waals surface area contributed by atoms with Crippen molar-refractivity contribution in [2.45, 2.75) is 26.2 Å². The van der Waals surface area contributed by atoms with Crippen LogP contribution in [-0.2, 0) is 0 Å². The third-order valence-electron chi connectivity index (χ3n) is 0.909. The SMILES string of the molecule is CCCC/C(Cl)=C\S. The second-order valence-corrected chi connectivity index (χ2v) is 2.42. The molecule has 0 amide bonds. The molecular weight excluding hydrogens is 140 g/mol. The Hall–Kier alpha value is 0.380. The minimum atomic E-state index is 0.857. The van der Waals surface area contributed by atoms with Gasteiger partial charge in [-0.3, -0.25) is 0 Å². The molecule has 0 spiro atoms. The molecule has 0 unspecified atom stereocenters. The molecule has 0 heterocycles. The average Bonchev–Trinajstić information content (AvgIpc) is 1.83. The second kappa shape index (κ2) is 5.52. The summed E-state index contributed by atoms with van der Waals surface area (Å²) in [6.07, 6.45) is 3.33. The highest BCUT2D eigenvalue weighted by Gasteiger charge is 1.86. The van der Waals surface area contributed by atoms with Crippen LogP contribution in [0.25, 0.3) is 0 Å². The van der Waals surface area contributed by atoms with Gasteiger partial charge in [-0.15, -0.1) is 0 Å². The second-order valence-electron chi connectivity index (χ2n) is 1.68. The van der Waals surface area contributed by atoms with Gasteiger partial charge in [0.25, 0.3) is 0 Å². The van der Waals surface area contributed by atoms with Crippen molar-refractivity contribution in [3.63, 3.8) is 0 Å². The fourth-order valence-corrected chi connectivity index (χ4v) is 0.673. The number of allylic oxidation sites excluding steroid dienone is 1. The van der Waals surface area contributed by atoms with Gasteiger partial charge in [0.15, 0.2) is 0 Å². The van der Waals surface area contributed by atoms with Gasteiger partial charge in [0, 0.05) is 5.03 Å². The zero-order chi connectivity index (χ0) is 6.41. The van der Waals surface area contributed by atoms with Gasteiger partial charge in [-0.2, -0.15) is 12.6 Å². The monoisotopic (exact) mass is 150 g/mol. The first-order chi connectivity index (χ1) is 3.81. The molecule has 0 aromatic rings. The van der Waals surface area contributed by atoms with E-state index in [4.69, 9.17) is 11.6 Å². The fraction of sp³-hybridized carbons (Fsp3) is 0.667. The summed E-state index contributed by atoms with van der Waals surface area (Å²) in [4.78, 5) is 0. The maximum Gasteiger partial charge on any atom is 0.0241 e. The van der Waals surface area contributed by atoms with Crippen LogP contribution in [0.1, 0.15) is 26.2 Å². The van der Waals surface area contributed by atoms with Gasteiger partial charge in [0.05, 0.1) is 0 Å². The minimum absolute atomic E-state index is 0.857. The Labute approximate surface area is 61.3 Å². The van der Waals surface area contributed by atoms with Crippen LogP contribution in [0.15, 0.2) is 10.4 Å². The molecule has 0 aromatic heterocycles. The van der Waals surface area contributed by atoms with Gasteiger partial charge >= 0.3 is 0 Å². The number of hydrogen-bond acceptors (Lipinski definition) is 1. The van der Waals surface area contributed by atoms with Crippen molar-refractivity contribution in [1.29, 1.82) is 0 Å². The van der Waals surface area contributed by atoms with Crippen LogP contribution < -0.4 is 0 Å². The molecule has 0 saturated carbocycles. The Kier molecular flexibility index (Phi) is 5.78. The smallest absolute Gasteiger partial charge is 0.0241 e. The van der Waals surface area contributed by atoms with Crippen LogP contribution >= 0.6 is 24.2 Å². The Balaban J connectivity index is 3.12. The molecule has 2 heteroatoms. The molecule has 0 bridgehead atoms. The van der Waals surface area contributed by atoms with E-state index in [9.17, 15) is 0 Å². The largest absolute Gasteiger partial charge is 0.150 e. The predicted molar refractivity (Wildman–Crippen MR) is 42.4 cm³/mol. The molecule has 8 heavy (non-hydrogen) atoms. The highest BCUT2D eigenvalue weighted by molar-refractivity contribution is 7.83. The summed E-state index contributed by atoms with van der Waals surface area (Å²) in [6, 6.07) is 0. The Morgan fingerprint density at radius 2 is 2.38 bits per heavy atom. The molecule has 0 aliphatic heterocycles. The highest BCUT2D eigenvalue weighted by Crippen LogP contribution is 2.11. The van der Waals surface area contributed by atoms with Gasteiger partial charge in [-0.25, -0.2) is 0 Å². The summed E-state index contributed by atoms with van der Waals surface area (Å²) < 4.78 is 0. The topological polar surface area (TPSA) is 0 Å². The van der Waals surface area contributed by atoms with Gasteiger partial charge in [0.1, 0.15) is 0 Å². The Morgan fingerprint density at radius 1 is 1.75 bits per heavy atom. The number of hydrogen-bond donors (Lipinski definition) is 1. The van der Waals surface area contributed by atoms with E-state index in [-0.39, 0.29) is 0 Å². The van der Waals surface area contributed by atoms with Gasteiger partial charge in [-0.05, 0) is 18.2 Å². The van der Waals surface area contributed by atoms with Crippen LogP contribution in [0.2, 0.25) is 0 Å². The molecule has 0 rings (SSSR count). The van der Waals surface area contributed by atoms with Crippen LogP contribution in [0.3, 0.4) is 0 Å². The summed E-state index contributed by atoms with van der Waals surface area (Å²) in [7, 11) is 0. The van der Waals surface area contributed by atoms with Crippen LogP contribution in [0.5, 0.6) is 0 Å². The molecule has 48 valence electrons. The summed E-state index contributed by atoms with van der Waals surface area (Å²) in [5, 5.41) is 2.51. The maximum atomic E-state index is 5.63. The lowest BCUT2D eigenvalue weighted by atomic mass is 10.2. The van der Waals surface area contributed by atoms with Crippen molar-refractivity contribution in [2.75, 3.05) is 0 Å². The number of halogens is 1. The fourth-order valence-electron chi connectivity index (χ4n) is 0.410. The van der Waals surface area contributed by atoms with Gasteiger partial charge in [-0.1, -0.05) is 24.9 Å². The van der Waals surface area contributed by atoms with E-state index in [1.54, 1.807) is 5.41 Å². The lowest BCUT2D eigenvalue weighted by molar-refractivity contribution is 0.808. The van der Waals surface area contributed by atoms with Crippen molar-refractivity contribution < 1.29 is 0 Å². The predicted octanol–water partition coefficient (Wildman–Crippen LogP) is 3.19. The molecule has 0 N–H and O–H groups in total. The molecule has 0 fully saturated rings. The summed E-state index contributed by atoms with van der Waals surface area (Å²) >= 11 is 9.52. The number of unbranched alkanes of at least 4 members (excludes halogenated alkanes) is 1. The Morgan fingerprint density at radius 3 is 2.75 bits per heavy atom. The van der Waals surface area contributed by atoms with E-state index in [2.05, 4.69) is 19.6 Å². The minimum Gasteiger partial charge on any atom is -0.150 e. The third kappa shape index (κ3) is 4.54. The standard InChI is InChI=1S/C6H11ClS/c1-2-3-4-6(7)5-8/h5,8H,2-4H2,1H3/b6-5+. The molecule has 0 aliphatic rings. The van der Waals surface area contributed by atoms with E-state index >= 15 is 0 Å². The van der Waals surface area contributed by atoms with E-state index < -0.39 is 0 Å². The summed E-state index contributed by atoms with van der Waals surface area (Å²) in [6.45, 7) is 2.14. The quantitative estimate of drug-likeness (QED) is 0.587. The Bertz CT molecular complexity index is 78.6. The van der Waals surface area contributed by atoms with Crippen molar-refractivity contribution in [2.24, 2.45) is 0 Å². The van der Waals surface area contributed by atoms with Crippen molar-refractivity contribution in [3.05, 3.63) is 10.4 Å². The first-order valence-corrected chi connectivity index (χ1v) is 3.69. The van der Waals surface area contributed by atoms with Crippen LogP contribution in [0.4, 0.5) is 0 Å². The molecule has 0 aliphatic carbocycles. The van der Waals surface area contributed by atoms with Crippen molar-refractivity contribution >= 4 is 24.2 Å². The molecule has 0 atom stereocenters. The first-order valence-electron chi connectivity index (χ1n) is 2.80. The normalized spacial score (nSPS) is 12.1. The lowest BCUT2D eigenvalue weighted by Crippen LogP contribution is -1.70. The maximum absolute atomic E-state index is 5.63. The zero-order valence-electron chi connectivity index (χ0n) is 5.02. The summed E-state index contributed by atoms with van der Waals surface area (Å²) in [5.41, 5.74) is 0. The molecule has 0 radical (unpaired) electrons. The lowest BCUT2D eigenvalue weighted by Gasteiger charge is -1.91. The van der Waals surface area contributed by atoms with Crippen molar-refractivity contribution in [3.8, 4) is 0 Å². The van der Waals surface area contributed by atoms with Gasteiger partial charge < -0.3 is 0 Å². The van der Waals surface area contributed by atoms with Crippen molar-refractivity contribution in [1.82, 2.24) is 0 Å². The molecule has 0 aromatic carbocycles. The van der Waals surface area contributed by atoms with E-state index in [0.717, 1.165) is 17.9 Å². The van der Waals surface area contributed by atoms with E-state index in [0.29, 0.717) is 0 Å². The van der Waals surface area contributed by atoms with Crippen LogP contribution in [-0.4, -0.2) is 0 Å². The third-order valence-corrected chi connectivity index (χ3v) is 1.67. The zero-order valence-corrected chi connectivity index (χ0v) is 6.67. The first kappa shape index (κ1) is 8.38. The van der Waals surface area contributed by atoms with E-state index in [1.807, 2.05) is 0 Å². The molecule has 0 nitrogen and oxygen atoms in total. The molecule has 0 saturated heterocycles. The van der Waals surface area contributed by atoms with E-state index in [1.165, 1.54) is 6.42 Å². The van der Waals surface area contributed by atoms with Gasteiger partial charge in [0.2, 0.25) is 0 Å². The number of rotatable bonds is 3.